The Labute approximate surface area is 114 Å². The average molecular weight is 286 g/mol. The summed E-state index contributed by atoms with van der Waals surface area (Å²) < 4.78 is 14.5. The number of hydrogen-bond acceptors (Lipinski definition) is 7. The highest BCUT2D eigenvalue weighted by atomic mass is 32.2. The van der Waals surface area contributed by atoms with Crippen molar-refractivity contribution in [1.29, 1.82) is 0 Å². The van der Waals surface area contributed by atoms with Crippen LogP contribution in [-0.2, 0) is 28.6 Å². The lowest BCUT2D eigenvalue weighted by atomic mass is 10.2. The van der Waals surface area contributed by atoms with Gasteiger partial charge in [0.05, 0.1) is 20.3 Å². The van der Waals surface area contributed by atoms with E-state index in [1.807, 2.05) is 0 Å². The van der Waals surface area contributed by atoms with E-state index in [9.17, 15) is 14.4 Å². The Hall–Kier alpha value is -1.76. The Morgan fingerprint density at radius 2 is 1.84 bits per heavy atom. The van der Waals surface area contributed by atoms with E-state index in [4.69, 9.17) is 14.2 Å². The second kappa shape index (κ2) is 6.98. The molecule has 0 N–H and O–H groups in total. The first kappa shape index (κ1) is 15.3. The number of ether oxygens (including phenoxy) is 3. The molecular formula is C12H14O6S. The van der Waals surface area contributed by atoms with Gasteiger partial charge in [-0.3, -0.25) is 4.79 Å². The van der Waals surface area contributed by atoms with Crippen LogP contribution in [-0.4, -0.2) is 37.4 Å². The van der Waals surface area contributed by atoms with Crippen molar-refractivity contribution in [2.24, 2.45) is 0 Å². The quantitative estimate of drug-likeness (QED) is 0.554. The first-order valence-electron chi connectivity index (χ1n) is 5.61. The summed E-state index contributed by atoms with van der Waals surface area (Å²) in [5.74, 6) is -1.44. The van der Waals surface area contributed by atoms with E-state index in [0.29, 0.717) is 0 Å². The van der Waals surface area contributed by atoms with Crippen molar-refractivity contribution in [3.63, 3.8) is 0 Å². The van der Waals surface area contributed by atoms with Crippen LogP contribution in [0.25, 0.3) is 0 Å². The Balaban J connectivity index is 3.12. The molecule has 7 heteroatoms. The van der Waals surface area contributed by atoms with E-state index in [-0.39, 0.29) is 29.5 Å². The van der Waals surface area contributed by atoms with Crippen molar-refractivity contribution < 1.29 is 28.6 Å². The number of carbonyl (C=O) groups is 3. The molecule has 104 valence electrons. The van der Waals surface area contributed by atoms with Gasteiger partial charge >= 0.3 is 11.9 Å². The highest BCUT2D eigenvalue weighted by molar-refractivity contribution is 8.18. The normalized spacial score (nSPS) is 16.8. The van der Waals surface area contributed by atoms with Gasteiger partial charge in [-0.25, -0.2) is 9.59 Å². The zero-order chi connectivity index (χ0) is 14.4. The van der Waals surface area contributed by atoms with Crippen LogP contribution >= 0.6 is 11.8 Å². The maximum atomic E-state index is 11.8. The third kappa shape index (κ3) is 3.60. The molecule has 0 aromatic carbocycles. The van der Waals surface area contributed by atoms with E-state index in [0.717, 1.165) is 17.8 Å². The molecule has 6 nitrogen and oxygen atoms in total. The summed E-state index contributed by atoms with van der Waals surface area (Å²) in [5.41, 5.74) is -0.0348. The zero-order valence-electron chi connectivity index (χ0n) is 10.8. The molecule has 1 rings (SSSR count). The maximum absolute atomic E-state index is 11.8. The fraction of sp³-hybridized carbons (Fsp3) is 0.417. The fourth-order valence-electron chi connectivity index (χ4n) is 1.39. The molecule has 0 amide bonds. The van der Waals surface area contributed by atoms with Gasteiger partial charge < -0.3 is 14.2 Å². The molecule has 0 spiro atoms. The Kier molecular flexibility index (Phi) is 5.62. The summed E-state index contributed by atoms with van der Waals surface area (Å²) in [6.45, 7) is 3.66. The Morgan fingerprint density at radius 3 is 2.37 bits per heavy atom. The number of hydrogen-bond donors (Lipinski definition) is 0. The molecule has 0 saturated carbocycles. The Morgan fingerprint density at radius 1 is 1.21 bits per heavy atom. The van der Waals surface area contributed by atoms with E-state index in [2.05, 4.69) is 0 Å². The molecule has 19 heavy (non-hydrogen) atoms. The molecule has 0 bridgehead atoms. The van der Waals surface area contributed by atoms with Crippen LogP contribution in [0.15, 0.2) is 22.3 Å². The summed E-state index contributed by atoms with van der Waals surface area (Å²) >= 11 is 0.736. The van der Waals surface area contributed by atoms with Gasteiger partial charge in [-0.1, -0.05) is 0 Å². The minimum absolute atomic E-state index is 0.0348. The lowest BCUT2D eigenvalue weighted by Crippen LogP contribution is -2.11. The molecule has 0 atom stereocenters. The molecular weight excluding hydrogens is 272 g/mol. The largest absolute Gasteiger partial charge is 0.491 e. The molecule has 0 aromatic rings. The molecule has 0 fully saturated rings. The van der Waals surface area contributed by atoms with Crippen molar-refractivity contribution in [1.82, 2.24) is 0 Å². The predicted octanol–water partition coefficient (Wildman–Crippen LogP) is 1.17. The van der Waals surface area contributed by atoms with Crippen molar-refractivity contribution >= 4 is 28.8 Å². The van der Waals surface area contributed by atoms with Crippen LogP contribution in [0.3, 0.4) is 0 Å². The van der Waals surface area contributed by atoms with Crippen LogP contribution in [0.1, 0.15) is 13.8 Å². The van der Waals surface area contributed by atoms with Gasteiger partial charge in [0.1, 0.15) is 5.57 Å². The summed E-state index contributed by atoms with van der Waals surface area (Å²) in [6, 6.07) is 0. The lowest BCUT2D eigenvalue weighted by molar-refractivity contribution is -0.138. The van der Waals surface area contributed by atoms with Gasteiger partial charge in [0.25, 0.3) is 5.12 Å². The van der Waals surface area contributed by atoms with Gasteiger partial charge in [-0.2, -0.15) is 0 Å². The third-order valence-electron chi connectivity index (χ3n) is 2.08. The van der Waals surface area contributed by atoms with Crippen LogP contribution in [0, 0.1) is 0 Å². The van der Waals surface area contributed by atoms with Crippen LogP contribution < -0.4 is 0 Å². The van der Waals surface area contributed by atoms with Gasteiger partial charge in [0, 0.05) is 11.0 Å². The van der Waals surface area contributed by atoms with Gasteiger partial charge in [0.15, 0.2) is 5.76 Å². The van der Waals surface area contributed by atoms with E-state index in [1.54, 1.807) is 13.8 Å². The molecule has 1 heterocycles. The number of carbonyl (C=O) groups excluding carboxylic acids is 3. The van der Waals surface area contributed by atoms with E-state index < -0.39 is 17.1 Å². The van der Waals surface area contributed by atoms with Crippen LogP contribution in [0.4, 0.5) is 0 Å². The number of methoxy groups -OCH3 is 1. The van der Waals surface area contributed by atoms with Crippen LogP contribution in [0.2, 0.25) is 0 Å². The fourth-order valence-corrected chi connectivity index (χ4v) is 2.30. The van der Waals surface area contributed by atoms with Crippen molar-refractivity contribution in [2.75, 3.05) is 20.3 Å². The second-order valence-electron chi connectivity index (χ2n) is 3.28. The van der Waals surface area contributed by atoms with Gasteiger partial charge in [-0.05, 0) is 25.6 Å². The summed E-state index contributed by atoms with van der Waals surface area (Å²) in [6.07, 6.45) is 1.09. The highest BCUT2D eigenvalue weighted by Gasteiger charge is 2.35. The van der Waals surface area contributed by atoms with Crippen molar-refractivity contribution in [3.8, 4) is 0 Å². The zero-order valence-corrected chi connectivity index (χ0v) is 11.7. The highest BCUT2D eigenvalue weighted by Crippen LogP contribution is 2.38. The van der Waals surface area contributed by atoms with Gasteiger partial charge in [0.2, 0.25) is 0 Å². The lowest BCUT2D eigenvalue weighted by Gasteiger charge is -2.05. The summed E-state index contributed by atoms with van der Waals surface area (Å²) in [5, 5.41) is -0.443. The molecule has 0 saturated heterocycles. The first-order chi connectivity index (χ1) is 9.04. The molecule has 0 unspecified atom stereocenters. The molecule has 1 aliphatic heterocycles. The van der Waals surface area contributed by atoms with Crippen LogP contribution in [0.5, 0.6) is 0 Å². The predicted molar refractivity (Wildman–Crippen MR) is 68.0 cm³/mol. The molecule has 1 aliphatic rings. The van der Waals surface area contributed by atoms with Gasteiger partial charge in [-0.15, -0.1) is 0 Å². The minimum atomic E-state index is -0.701. The molecule has 0 aromatic heterocycles. The van der Waals surface area contributed by atoms with E-state index in [1.165, 1.54) is 7.11 Å². The van der Waals surface area contributed by atoms with E-state index >= 15 is 0 Å². The van der Waals surface area contributed by atoms with Crippen molar-refractivity contribution in [2.45, 2.75) is 13.8 Å². The summed E-state index contributed by atoms with van der Waals surface area (Å²) in [7, 11) is 1.28. The Bertz CT molecular complexity index is 463. The number of thioether (sulfide) groups is 1. The average Bonchev–Trinajstić information content (AvgIpc) is 2.65. The standard InChI is InChI=1S/C12H14O6S/c1-4-17-8(13)6-7-9(11(14)18-5-2)10(16-3)12(15)19-7/h6H,4-5H2,1-3H3/b7-6-. The third-order valence-corrected chi connectivity index (χ3v) is 2.99. The summed E-state index contributed by atoms with van der Waals surface area (Å²) in [4.78, 5) is 35.0. The number of esters is 2. The first-order valence-corrected chi connectivity index (χ1v) is 6.43. The minimum Gasteiger partial charge on any atom is -0.491 e. The van der Waals surface area contributed by atoms with Crippen molar-refractivity contribution in [3.05, 3.63) is 22.3 Å². The maximum Gasteiger partial charge on any atom is 0.343 e. The second-order valence-corrected chi connectivity index (χ2v) is 4.29. The molecule has 0 aliphatic carbocycles. The SMILES string of the molecule is CCOC(=O)/C=C1\SC(=O)C(OC)=C1C(=O)OCC. The monoisotopic (exact) mass is 286 g/mol. The topological polar surface area (TPSA) is 78.9 Å². The molecule has 0 radical (unpaired) electrons. The number of rotatable bonds is 5. The smallest absolute Gasteiger partial charge is 0.343 e.